The number of nitrogens with one attached hydrogen (secondary N) is 1. The number of piperidine rings is 1. The van der Waals surface area contributed by atoms with Crippen LogP contribution in [0.3, 0.4) is 0 Å². The van der Waals surface area contributed by atoms with E-state index in [1.807, 2.05) is 23.1 Å². The molecule has 3 heterocycles. The molecule has 1 atom stereocenters. The van der Waals surface area contributed by atoms with Gasteiger partial charge in [0.1, 0.15) is 0 Å². The summed E-state index contributed by atoms with van der Waals surface area (Å²) in [5.74, 6) is 2.03. The number of nitrogens with zero attached hydrogens (tertiary/aromatic N) is 2. The fraction of sp³-hybridized carbons (Fsp3) is 0.611. The average Bonchev–Trinajstić information content (AvgIpc) is 3.24. The van der Waals surface area contributed by atoms with E-state index in [0.717, 1.165) is 37.5 Å². The molecule has 2 saturated heterocycles. The van der Waals surface area contributed by atoms with E-state index < -0.39 is 0 Å². The van der Waals surface area contributed by atoms with Gasteiger partial charge in [0.2, 0.25) is 6.79 Å². The van der Waals surface area contributed by atoms with Gasteiger partial charge in [-0.2, -0.15) is 0 Å². The van der Waals surface area contributed by atoms with E-state index >= 15 is 0 Å². The third-order valence-electron chi connectivity index (χ3n) is 5.16. The Labute approximate surface area is 142 Å². The topological polar surface area (TPSA) is 54.0 Å². The predicted molar refractivity (Wildman–Crippen MR) is 91.6 cm³/mol. The van der Waals surface area contributed by atoms with Gasteiger partial charge in [-0.15, -0.1) is 0 Å². The molecule has 6 nitrogen and oxygen atoms in total. The van der Waals surface area contributed by atoms with Crippen LogP contribution in [0.2, 0.25) is 0 Å². The van der Waals surface area contributed by atoms with Crippen molar-refractivity contribution < 1.29 is 14.3 Å². The number of benzene rings is 1. The Morgan fingerprint density at radius 1 is 1.12 bits per heavy atom. The number of hydrogen-bond donors (Lipinski definition) is 1. The first-order valence-corrected chi connectivity index (χ1v) is 8.96. The molecule has 0 aliphatic carbocycles. The van der Waals surface area contributed by atoms with Gasteiger partial charge in [-0.3, -0.25) is 0 Å². The molecule has 6 heteroatoms. The largest absolute Gasteiger partial charge is 0.454 e. The van der Waals surface area contributed by atoms with Crippen LogP contribution in [0.15, 0.2) is 18.2 Å². The maximum Gasteiger partial charge on any atom is 0.321 e. The van der Waals surface area contributed by atoms with Crippen LogP contribution in [-0.4, -0.2) is 55.3 Å². The van der Waals surface area contributed by atoms with Gasteiger partial charge in [0.15, 0.2) is 11.5 Å². The summed E-state index contributed by atoms with van der Waals surface area (Å²) in [6.45, 7) is 5.52. The Morgan fingerprint density at radius 3 is 2.83 bits per heavy atom. The van der Waals surface area contributed by atoms with Gasteiger partial charge in [-0.1, -0.05) is 6.42 Å². The molecule has 1 N–H and O–H groups in total. The molecule has 24 heavy (non-hydrogen) atoms. The molecule has 0 bridgehead atoms. The summed E-state index contributed by atoms with van der Waals surface area (Å²) < 4.78 is 10.6. The molecule has 0 saturated carbocycles. The molecular formula is C18H25N3O3. The zero-order valence-electron chi connectivity index (χ0n) is 14.0. The average molecular weight is 331 g/mol. The molecule has 1 aromatic carbocycles. The number of hydrogen-bond acceptors (Lipinski definition) is 4. The first-order chi connectivity index (χ1) is 11.8. The van der Waals surface area contributed by atoms with Crippen LogP contribution in [0.25, 0.3) is 0 Å². The summed E-state index contributed by atoms with van der Waals surface area (Å²) in [6.07, 6.45) is 5.11. The quantitative estimate of drug-likeness (QED) is 0.925. The van der Waals surface area contributed by atoms with Crippen molar-refractivity contribution in [3.05, 3.63) is 18.2 Å². The van der Waals surface area contributed by atoms with Crippen molar-refractivity contribution in [3.8, 4) is 11.5 Å². The van der Waals surface area contributed by atoms with Crippen LogP contribution < -0.4 is 14.8 Å². The number of ether oxygens (including phenoxy) is 2. The molecule has 2 amide bonds. The van der Waals surface area contributed by atoms with Crippen molar-refractivity contribution in [3.63, 3.8) is 0 Å². The van der Waals surface area contributed by atoms with Crippen LogP contribution >= 0.6 is 0 Å². The van der Waals surface area contributed by atoms with Crippen LogP contribution in [-0.2, 0) is 0 Å². The van der Waals surface area contributed by atoms with Crippen molar-refractivity contribution in [2.75, 3.05) is 44.8 Å². The molecule has 3 aliphatic rings. The SMILES string of the molecule is O=C(Nc1ccc2c(c1)OCO2)N1CCC(CN2CCCCC2)C1. The Bertz CT molecular complexity index is 601. The minimum atomic E-state index is -0.0185. The summed E-state index contributed by atoms with van der Waals surface area (Å²) in [6, 6.07) is 5.49. The fourth-order valence-electron chi connectivity index (χ4n) is 3.85. The minimum Gasteiger partial charge on any atom is -0.454 e. The molecule has 4 rings (SSSR count). The second kappa shape index (κ2) is 6.89. The molecule has 130 valence electrons. The number of urea groups is 1. The molecule has 0 aromatic heterocycles. The lowest BCUT2D eigenvalue weighted by atomic mass is 10.1. The number of fused-ring (bicyclic) bond motifs is 1. The van der Waals surface area contributed by atoms with E-state index in [4.69, 9.17) is 9.47 Å². The molecule has 1 aromatic rings. The first kappa shape index (κ1) is 15.6. The van der Waals surface area contributed by atoms with Gasteiger partial charge >= 0.3 is 6.03 Å². The van der Waals surface area contributed by atoms with Gasteiger partial charge in [-0.05, 0) is 50.4 Å². The molecular weight excluding hydrogens is 306 g/mol. The second-order valence-corrected chi connectivity index (χ2v) is 6.96. The summed E-state index contributed by atoms with van der Waals surface area (Å²) in [4.78, 5) is 17.0. The first-order valence-electron chi connectivity index (χ1n) is 8.96. The zero-order chi connectivity index (χ0) is 16.4. The number of carbonyl (C=O) groups is 1. The molecule has 2 fully saturated rings. The van der Waals surface area contributed by atoms with E-state index in [1.54, 1.807) is 0 Å². The number of rotatable bonds is 3. The van der Waals surface area contributed by atoms with Gasteiger partial charge in [0, 0.05) is 31.4 Å². The van der Waals surface area contributed by atoms with Crippen molar-refractivity contribution in [1.82, 2.24) is 9.80 Å². The highest BCUT2D eigenvalue weighted by molar-refractivity contribution is 5.90. The summed E-state index contributed by atoms with van der Waals surface area (Å²) >= 11 is 0. The predicted octanol–water partition coefficient (Wildman–Crippen LogP) is 2.76. The monoisotopic (exact) mass is 331 g/mol. The highest BCUT2D eigenvalue weighted by atomic mass is 16.7. The third kappa shape index (κ3) is 3.43. The standard InChI is InChI=1S/C18H25N3O3/c22-18(19-15-4-5-16-17(10-15)24-13-23-16)21-9-6-14(12-21)11-20-7-2-1-3-8-20/h4-5,10,14H,1-3,6-9,11-13H2,(H,19,22). The summed E-state index contributed by atoms with van der Waals surface area (Å²) in [7, 11) is 0. The smallest absolute Gasteiger partial charge is 0.321 e. The lowest BCUT2D eigenvalue weighted by Gasteiger charge is -2.29. The van der Waals surface area contributed by atoms with E-state index in [0.29, 0.717) is 11.7 Å². The summed E-state index contributed by atoms with van der Waals surface area (Å²) in [5, 5.41) is 2.98. The van der Waals surface area contributed by atoms with Gasteiger partial charge in [-0.25, -0.2) is 4.79 Å². The maximum atomic E-state index is 12.5. The molecule has 3 aliphatic heterocycles. The van der Waals surface area contributed by atoms with E-state index in [-0.39, 0.29) is 12.8 Å². The molecule has 0 radical (unpaired) electrons. The Morgan fingerprint density at radius 2 is 1.96 bits per heavy atom. The normalized spacial score (nSPS) is 23.5. The van der Waals surface area contributed by atoms with Crippen molar-refractivity contribution in [2.45, 2.75) is 25.7 Å². The van der Waals surface area contributed by atoms with Crippen LogP contribution in [0, 0.1) is 5.92 Å². The Hall–Kier alpha value is -1.95. The van der Waals surface area contributed by atoms with Gasteiger partial charge < -0.3 is 24.6 Å². The number of anilines is 1. The maximum absolute atomic E-state index is 12.5. The number of amides is 2. The van der Waals surface area contributed by atoms with Crippen LogP contribution in [0.4, 0.5) is 10.5 Å². The third-order valence-corrected chi connectivity index (χ3v) is 5.16. The Kier molecular flexibility index (Phi) is 4.47. The van der Waals surface area contributed by atoms with Gasteiger partial charge in [0.25, 0.3) is 0 Å². The molecule has 0 spiro atoms. The van der Waals surface area contributed by atoms with Crippen molar-refractivity contribution >= 4 is 11.7 Å². The number of carbonyl (C=O) groups excluding carboxylic acids is 1. The minimum absolute atomic E-state index is 0.0185. The Balaban J connectivity index is 1.29. The lowest BCUT2D eigenvalue weighted by molar-refractivity contribution is 0.174. The van der Waals surface area contributed by atoms with Gasteiger partial charge in [0.05, 0.1) is 0 Å². The van der Waals surface area contributed by atoms with E-state index in [1.165, 1.54) is 32.4 Å². The molecule has 1 unspecified atom stereocenters. The highest BCUT2D eigenvalue weighted by Crippen LogP contribution is 2.34. The fourth-order valence-corrected chi connectivity index (χ4v) is 3.85. The second-order valence-electron chi connectivity index (χ2n) is 6.96. The van der Waals surface area contributed by atoms with Crippen molar-refractivity contribution in [1.29, 1.82) is 0 Å². The number of likely N-dealkylation sites (tertiary alicyclic amines) is 2. The van der Waals surface area contributed by atoms with Crippen molar-refractivity contribution in [2.24, 2.45) is 5.92 Å². The van der Waals surface area contributed by atoms with Crippen LogP contribution in [0.1, 0.15) is 25.7 Å². The van der Waals surface area contributed by atoms with E-state index in [2.05, 4.69) is 10.2 Å². The highest BCUT2D eigenvalue weighted by Gasteiger charge is 2.28. The van der Waals surface area contributed by atoms with E-state index in [9.17, 15) is 4.79 Å². The van der Waals surface area contributed by atoms with Crippen LogP contribution in [0.5, 0.6) is 11.5 Å². The summed E-state index contributed by atoms with van der Waals surface area (Å²) in [5.41, 5.74) is 0.753. The zero-order valence-corrected chi connectivity index (χ0v) is 14.0. The lowest BCUT2D eigenvalue weighted by Crippen LogP contribution is -2.37.